The second kappa shape index (κ2) is 9.45. The van der Waals surface area contributed by atoms with Gasteiger partial charge in [0.25, 0.3) is 5.91 Å². The number of nitrogens with one attached hydrogen (secondary N) is 3. The maximum absolute atomic E-state index is 12.9. The van der Waals surface area contributed by atoms with Crippen molar-refractivity contribution in [2.45, 2.75) is 6.04 Å². The molecule has 0 saturated carbocycles. The predicted octanol–water partition coefficient (Wildman–Crippen LogP) is 1.36. The van der Waals surface area contributed by atoms with Gasteiger partial charge in [0.1, 0.15) is 6.04 Å². The predicted molar refractivity (Wildman–Crippen MR) is 140 cm³/mol. The Hall–Kier alpha value is -4.03. The summed E-state index contributed by atoms with van der Waals surface area (Å²) in [7, 11) is 1.67. The number of nitrogens with zero attached hydrogens (tertiary/aromatic N) is 4. The van der Waals surface area contributed by atoms with Crippen molar-refractivity contribution in [1.82, 2.24) is 30.5 Å². The highest BCUT2D eigenvalue weighted by Crippen LogP contribution is 2.36. The van der Waals surface area contributed by atoms with Crippen LogP contribution in [0.15, 0.2) is 36.5 Å². The highest BCUT2D eigenvalue weighted by atomic mass is 32.1. The number of likely N-dealkylation sites (N-methyl/N-ethyl adjacent to an activating group) is 1. The molecule has 2 aliphatic rings. The molecule has 11 nitrogen and oxygen atoms in total. The Morgan fingerprint density at radius 3 is 2.84 bits per heavy atom. The molecule has 1 unspecified atom stereocenters. The average molecular weight is 520 g/mol. The van der Waals surface area contributed by atoms with Crippen LogP contribution in [0.3, 0.4) is 0 Å². The molecule has 1 atom stereocenters. The lowest BCUT2D eigenvalue weighted by atomic mass is 10.1. The van der Waals surface area contributed by atoms with E-state index in [4.69, 9.17) is 14.7 Å². The number of aromatic amines is 1. The van der Waals surface area contributed by atoms with Gasteiger partial charge in [0.05, 0.1) is 34.9 Å². The van der Waals surface area contributed by atoms with E-state index in [1.165, 1.54) is 16.2 Å². The number of amides is 3. The number of rotatable bonds is 6. The quantitative estimate of drug-likeness (QED) is 0.328. The molecule has 0 bridgehead atoms. The van der Waals surface area contributed by atoms with Crippen LogP contribution in [0.25, 0.3) is 32.5 Å². The minimum atomic E-state index is -0.520. The van der Waals surface area contributed by atoms with E-state index in [0.29, 0.717) is 49.1 Å². The molecule has 2 aliphatic heterocycles. The van der Waals surface area contributed by atoms with Crippen molar-refractivity contribution < 1.29 is 19.1 Å². The van der Waals surface area contributed by atoms with Crippen LogP contribution in [0.2, 0.25) is 0 Å². The third-order valence-electron chi connectivity index (χ3n) is 6.60. The molecule has 12 heteroatoms. The largest absolute Gasteiger partial charge is 0.378 e. The van der Waals surface area contributed by atoms with Crippen molar-refractivity contribution in [3.8, 4) is 11.4 Å². The van der Waals surface area contributed by atoms with Gasteiger partial charge in [0, 0.05) is 49.3 Å². The molecular formula is C25H25N7O4S. The number of carbonyl (C=O) groups is 3. The molecule has 0 radical (unpaired) electrons. The van der Waals surface area contributed by atoms with Crippen molar-refractivity contribution in [1.29, 1.82) is 0 Å². The number of thiophene rings is 1. The smallest absolute Gasteiger partial charge is 0.261 e. The van der Waals surface area contributed by atoms with Gasteiger partial charge >= 0.3 is 0 Å². The summed E-state index contributed by atoms with van der Waals surface area (Å²) in [6.07, 6.45) is 1.89. The Balaban J connectivity index is 1.29. The van der Waals surface area contributed by atoms with E-state index in [2.05, 4.69) is 20.5 Å². The van der Waals surface area contributed by atoms with Gasteiger partial charge in [-0.1, -0.05) is 12.1 Å². The lowest BCUT2D eigenvalue weighted by Gasteiger charge is -2.35. The van der Waals surface area contributed by atoms with E-state index in [1.54, 1.807) is 13.1 Å². The molecule has 3 amide bonds. The van der Waals surface area contributed by atoms with E-state index < -0.39 is 11.9 Å². The van der Waals surface area contributed by atoms with Crippen LogP contribution in [0.5, 0.6) is 0 Å². The van der Waals surface area contributed by atoms with Crippen LogP contribution in [-0.2, 0) is 14.3 Å². The molecule has 4 aromatic rings. The molecule has 5 heterocycles. The fourth-order valence-corrected chi connectivity index (χ4v) is 5.64. The highest BCUT2D eigenvalue weighted by Gasteiger charge is 2.34. The summed E-state index contributed by atoms with van der Waals surface area (Å²) in [5.74, 6) is 0.433. The Morgan fingerprint density at radius 1 is 1.22 bits per heavy atom. The van der Waals surface area contributed by atoms with E-state index >= 15 is 0 Å². The van der Waals surface area contributed by atoms with Gasteiger partial charge in [-0.2, -0.15) is 0 Å². The lowest BCUT2D eigenvalue weighted by molar-refractivity contribution is -0.144. The van der Waals surface area contributed by atoms with Crippen molar-refractivity contribution >= 4 is 56.0 Å². The number of hydrogen-bond acceptors (Lipinski definition) is 8. The van der Waals surface area contributed by atoms with Crippen molar-refractivity contribution in [2.24, 2.45) is 0 Å². The van der Waals surface area contributed by atoms with Gasteiger partial charge in [-0.05, 0) is 18.2 Å². The minimum absolute atomic E-state index is 0.135. The Labute approximate surface area is 215 Å². The number of aromatic nitrogens is 3. The fraction of sp³-hybridized carbons (Fsp3) is 0.320. The summed E-state index contributed by atoms with van der Waals surface area (Å²) in [5, 5.41) is 6.31. The molecule has 6 rings (SSSR count). The van der Waals surface area contributed by atoms with E-state index in [9.17, 15) is 14.4 Å². The molecule has 37 heavy (non-hydrogen) atoms. The van der Waals surface area contributed by atoms with Crippen molar-refractivity contribution in [2.75, 3.05) is 51.3 Å². The monoisotopic (exact) mass is 519 g/mol. The minimum Gasteiger partial charge on any atom is -0.378 e. The van der Waals surface area contributed by atoms with E-state index in [0.717, 1.165) is 27.0 Å². The molecule has 0 spiro atoms. The average Bonchev–Trinajstić information content (AvgIpc) is 3.58. The number of anilines is 1. The zero-order valence-corrected chi connectivity index (χ0v) is 20.9. The first-order valence-electron chi connectivity index (χ1n) is 12.0. The number of carbonyl (C=O) groups excluding carboxylic acids is 3. The first-order chi connectivity index (χ1) is 18.0. The Bertz CT molecular complexity index is 1520. The lowest BCUT2D eigenvalue weighted by Crippen LogP contribution is -2.63. The number of β-lactam (4-membered cyclic amide) rings is 1. The Morgan fingerprint density at radius 2 is 2.05 bits per heavy atom. The molecule has 3 aromatic heterocycles. The summed E-state index contributed by atoms with van der Waals surface area (Å²) >= 11 is 1.30. The summed E-state index contributed by atoms with van der Waals surface area (Å²) in [6, 6.07) is 9.17. The van der Waals surface area contributed by atoms with Crippen LogP contribution in [0, 0.1) is 0 Å². The van der Waals surface area contributed by atoms with Crippen LogP contribution < -0.4 is 15.5 Å². The summed E-state index contributed by atoms with van der Waals surface area (Å²) in [6.45, 7) is 2.83. The normalized spacial score (nSPS) is 17.8. The molecule has 1 aromatic carbocycles. The van der Waals surface area contributed by atoms with Crippen molar-refractivity contribution in [3.63, 3.8) is 0 Å². The van der Waals surface area contributed by atoms with Crippen LogP contribution >= 0.6 is 11.3 Å². The number of morpholine rings is 1. The first-order valence-corrected chi connectivity index (χ1v) is 12.8. The van der Waals surface area contributed by atoms with Gasteiger partial charge in [0.2, 0.25) is 11.8 Å². The van der Waals surface area contributed by atoms with Gasteiger partial charge in [-0.25, -0.2) is 9.97 Å². The zero-order valence-electron chi connectivity index (χ0n) is 20.1. The number of benzene rings is 1. The summed E-state index contributed by atoms with van der Waals surface area (Å²) in [4.78, 5) is 54.0. The maximum atomic E-state index is 12.9. The number of H-pyrrole nitrogens is 1. The van der Waals surface area contributed by atoms with Gasteiger partial charge in [-0.3, -0.25) is 14.4 Å². The van der Waals surface area contributed by atoms with Crippen molar-refractivity contribution in [3.05, 3.63) is 41.4 Å². The van der Waals surface area contributed by atoms with Crippen LogP contribution in [0.4, 0.5) is 5.82 Å². The van der Waals surface area contributed by atoms with Gasteiger partial charge < -0.3 is 30.2 Å². The molecule has 2 fully saturated rings. The maximum Gasteiger partial charge on any atom is 0.261 e. The molecular weight excluding hydrogens is 494 g/mol. The molecule has 3 N–H and O–H groups in total. The molecule has 0 aliphatic carbocycles. The number of ether oxygens (including phenoxy) is 1. The zero-order chi connectivity index (χ0) is 25.5. The third kappa shape index (κ3) is 4.38. The third-order valence-corrected chi connectivity index (χ3v) is 7.72. The van der Waals surface area contributed by atoms with Gasteiger partial charge in [-0.15, -0.1) is 11.3 Å². The topological polar surface area (TPSA) is 133 Å². The van der Waals surface area contributed by atoms with E-state index in [1.807, 2.05) is 30.5 Å². The number of likely N-dealkylation sites (tertiary alicyclic amines) is 1. The second-order valence-electron chi connectivity index (χ2n) is 9.06. The molecule has 190 valence electrons. The summed E-state index contributed by atoms with van der Waals surface area (Å²) < 4.78 is 6.34. The number of hydrogen-bond donors (Lipinski definition) is 3. The standard InChI is InChI=1S/C25H25N7O4S/c1-31-13-18(25(31)35)28-20(33)12-27-24(34)19-11-17-21(37-19)23(32-7-9-36-10-8-32)30-22(29-17)15-3-2-4-16-14(15)5-6-26-16/h2-6,11,18,26H,7-10,12-13H2,1H3,(H,27,34)(H,28,33). The number of fused-ring (bicyclic) bond motifs is 2. The first kappa shape index (κ1) is 23.4. The molecule has 2 saturated heterocycles. The SMILES string of the molecule is CN1CC(NC(=O)CNC(=O)c2cc3nc(-c4cccc5[nH]ccc45)nc(N4CCOCC4)c3s2)C1=O. The second-order valence-corrected chi connectivity index (χ2v) is 10.1. The highest BCUT2D eigenvalue weighted by molar-refractivity contribution is 7.21. The van der Waals surface area contributed by atoms with Gasteiger partial charge in [0.15, 0.2) is 11.6 Å². The summed E-state index contributed by atoms with van der Waals surface area (Å²) in [5.41, 5.74) is 2.56. The van der Waals surface area contributed by atoms with E-state index in [-0.39, 0.29) is 18.4 Å². The Kier molecular flexibility index (Phi) is 5.97. The fourth-order valence-electron chi connectivity index (χ4n) is 4.61. The van der Waals surface area contributed by atoms with Crippen LogP contribution in [0.1, 0.15) is 9.67 Å². The van der Waals surface area contributed by atoms with Crippen LogP contribution in [-0.4, -0.2) is 90.1 Å².